The van der Waals surface area contributed by atoms with Crippen molar-refractivity contribution in [1.82, 2.24) is 20.0 Å². The molecule has 0 unspecified atom stereocenters. The number of carbonyl (C=O) groups is 1. The molecule has 7 heteroatoms. The molecule has 0 aliphatic heterocycles. The van der Waals surface area contributed by atoms with Gasteiger partial charge in [0.05, 0.1) is 19.7 Å². The number of nitrogens with zero attached hydrogens (tertiary/aromatic N) is 2. The van der Waals surface area contributed by atoms with Crippen LogP contribution < -0.4 is 5.56 Å². The number of benzene rings is 1. The lowest BCUT2D eigenvalue weighted by Gasteiger charge is -2.14. The SMILES string of the molecule is COC(=O)C[C@@H](c1cnn(C)c1)c1c(Cc2ccccc2)[nH][nH]c1=O. The van der Waals surface area contributed by atoms with Gasteiger partial charge in [-0.15, -0.1) is 0 Å². The number of aromatic nitrogens is 4. The minimum atomic E-state index is -0.421. The molecule has 130 valence electrons. The first kappa shape index (κ1) is 16.8. The highest BCUT2D eigenvalue weighted by Crippen LogP contribution is 2.28. The van der Waals surface area contributed by atoms with Crippen molar-refractivity contribution in [3.8, 4) is 0 Å². The topological polar surface area (TPSA) is 92.8 Å². The number of H-pyrrole nitrogens is 2. The summed E-state index contributed by atoms with van der Waals surface area (Å²) in [5, 5.41) is 9.77. The zero-order valence-corrected chi connectivity index (χ0v) is 14.2. The summed E-state index contributed by atoms with van der Waals surface area (Å²) in [6.45, 7) is 0. The number of aryl methyl sites for hydroxylation is 1. The summed E-state index contributed by atoms with van der Waals surface area (Å²) < 4.78 is 6.47. The van der Waals surface area contributed by atoms with Crippen LogP contribution in [0.2, 0.25) is 0 Å². The third kappa shape index (κ3) is 3.71. The first-order chi connectivity index (χ1) is 12.1. The predicted molar refractivity (Wildman–Crippen MR) is 92.3 cm³/mol. The third-order valence-corrected chi connectivity index (χ3v) is 4.19. The Bertz CT molecular complexity index is 908. The standard InChI is InChI=1S/C18H20N4O3/c1-22-11-13(10-19-22)14(9-16(23)25-2)17-15(20-21-18(17)24)8-12-6-4-3-5-7-12/h3-7,10-11,14H,8-9H2,1-2H3,(H2,20,21,24)/t14-/m0/s1. The summed E-state index contributed by atoms with van der Waals surface area (Å²) >= 11 is 0. The second kappa shape index (κ2) is 7.21. The Balaban J connectivity index is 2.02. The van der Waals surface area contributed by atoms with Gasteiger partial charge in [0.15, 0.2) is 0 Å². The summed E-state index contributed by atoms with van der Waals surface area (Å²) in [5.41, 5.74) is 2.94. The lowest BCUT2D eigenvalue weighted by Crippen LogP contribution is -2.17. The number of nitrogens with one attached hydrogen (secondary N) is 2. The first-order valence-electron chi connectivity index (χ1n) is 7.97. The zero-order valence-electron chi connectivity index (χ0n) is 14.2. The van der Waals surface area contributed by atoms with E-state index in [2.05, 4.69) is 15.3 Å². The van der Waals surface area contributed by atoms with E-state index in [-0.39, 0.29) is 17.9 Å². The monoisotopic (exact) mass is 340 g/mol. The zero-order chi connectivity index (χ0) is 17.8. The molecular weight excluding hydrogens is 320 g/mol. The highest BCUT2D eigenvalue weighted by atomic mass is 16.5. The maximum atomic E-state index is 12.5. The summed E-state index contributed by atoms with van der Waals surface area (Å²) in [7, 11) is 3.14. The Kier molecular flexibility index (Phi) is 4.83. The molecule has 0 radical (unpaired) electrons. The predicted octanol–water partition coefficient (Wildman–Crippen LogP) is 1.72. The summed E-state index contributed by atoms with van der Waals surface area (Å²) in [6, 6.07) is 9.84. The van der Waals surface area contributed by atoms with E-state index in [0.29, 0.717) is 12.0 Å². The molecule has 3 aromatic rings. The molecule has 0 spiro atoms. The Morgan fingerprint density at radius 1 is 1.28 bits per heavy atom. The van der Waals surface area contributed by atoms with Crippen molar-refractivity contribution in [1.29, 1.82) is 0 Å². The molecular formula is C18H20N4O3. The van der Waals surface area contributed by atoms with Gasteiger partial charge < -0.3 is 9.84 Å². The van der Waals surface area contributed by atoms with Crippen molar-refractivity contribution < 1.29 is 9.53 Å². The Morgan fingerprint density at radius 3 is 2.68 bits per heavy atom. The molecule has 3 rings (SSSR count). The van der Waals surface area contributed by atoms with E-state index in [1.165, 1.54) is 7.11 Å². The normalized spacial score (nSPS) is 12.1. The number of hydrogen-bond acceptors (Lipinski definition) is 4. The molecule has 25 heavy (non-hydrogen) atoms. The minimum Gasteiger partial charge on any atom is -0.469 e. The number of hydrogen-bond donors (Lipinski definition) is 2. The first-order valence-corrected chi connectivity index (χ1v) is 7.97. The molecule has 1 atom stereocenters. The van der Waals surface area contributed by atoms with Gasteiger partial charge in [0.2, 0.25) is 0 Å². The van der Waals surface area contributed by atoms with Crippen LogP contribution >= 0.6 is 0 Å². The number of carbonyl (C=O) groups excluding carboxylic acids is 1. The number of ether oxygens (including phenoxy) is 1. The molecule has 0 fully saturated rings. The van der Waals surface area contributed by atoms with Crippen molar-refractivity contribution in [3.05, 3.63) is 75.5 Å². The number of esters is 1. The summed E-state index contributed by atoms with van der Waals surface area (Å²) in [4.78, 5) is 24.4. The van der Waals surface area contributed by atoms with E-state index in [1.807, 2.05) is 36.5 Å². The van der Waals surface area contributed by atoms with Crippen molar-refractivity contribution in [3.63, 3.8) is 0 Å². The number of rotatable bonds is 6. The van der Waals surface area contributed by atoms with Gasteiger partial charge in [0, 0.05) is 36.8 Å². The maximum absolute atomic E-state index is 12.5. The largest absolute Gasteiger partial charge is 0.469 e. The molecule has 2 heterocycles. The van der Waals surface area contributed by atoms with E-state index in [9.17, 15) is 9.59 Å². The van der Waals surface area contributed by atoms with Gasteiger partial charge in [-0.1, -0.05) is 30.3 Å². The van der Waals surface area contributed by atoms with Crippen LogP contribution in [0.25, 0.3) is 0 Å². The Labute approximate surface area is 144 Å². The van der Waals surface area contributed by atoms with Crippen LogP contribution in [0.4, 0.5) is 0 Å². The van der Waals surface area contributed by atoms with Gasteiger partial charge in [-0.05, 0) is 11.1 Å². The molecule has 7 nitrogen and oxygen atoms in total. The lowest BCUT2D eigenvalue weighted by atomic mass is 9.89. The second-order valence-electron chi connectivity index (χ2n) is 5.91. The van der Waals surface area contributed by atoms with Gasteiger partial charge >= 0.3 is 5.97 Å². The van der Waals surface area contributed by atoms with Crippen molar-refractivity contribution in [2.24, 2.45) is 7.05 Å². The van der Waals surface area contributed by atoms with E-state index in [4.69, 9.17) is 4.74 Å². The fourth-order valence-corrected chi connectivity index (χ4v) is 2.97. The van der Waals surface area contributed by atoms with Crippen LogP contribution in [0.3, 0.4) is 0 Å². The summed E-state index contributed by atoms with van der Waals surface area (Å²) in [5.74, 6) is -0.796. The van der Waals surface area contributed by atoms with E-state index in [0.717, 1.165) is 16.8 Å². The average molecular weight is 340 g/mol. The van der Waals surface area contributed by atoms with Crippen LogP contribution in [0.5, 0.6) is 0 Å². The molecule has 0 amide bonds. The van der Waals surface area contributed by atoms with E-state index < -0.39 is 5.92 Å². The van der Waals surface area contributed by atoms with Crippen LogP contribution in [-0.2, 0) is 23.0 Å². The molecule has 2 N–H and O–H groups in total. The molecule has 0 saturated heterocycles. The van der Waals surface area contributed by atoms with Crippen LogP contribution in [0.15, 0.2) is 47.5 Å². The molecule has 2 aromatic heterocycles. The van der Waals surface area contributed by atoms with Gasteiger partial charge in [0.1, 0.15) is 0 Å². The van der Waals surface area contributed by atoms with Crippen LogP contribution in [0, 0.1) is 0 Å². The Hall–Kier alpha value is -3.09. The van der Waals surface area contributed by atoms with Gasteiger partial charge in [-0.25, -0.2) is 0 Å². The second-order valence-corrected chi connectivity index (χ2v) is 5.91. The van der Waals surface area contributed by atoms with Crippen molar-refractivity contribution in [2.45, 2.75) is 18.8 Å². The highest BCUT2D eigenvalue weighted by molar-refractivity contribution is 5.71. The average Bonchev–Trinajstić information content (AvgIpc) is 3.20. The van der Waals surface area contributed by atoms with E-state index in [1.54, 1.807) is 17.9 Å². The maximum Gasteiger partial charge on any atom is 0.306 e. The summed E-state index contributed by atoms with van der Waals surface area (Å²) in [6.07, 6.45) is 4.12. The number of aromatic amines is 2. The minimum absolute atomic E-state index is 0.0743. The quantitative estimate of drug-likeness (QED) is 0.668. The van der Waals surface area contributed by atoms with Crippen molar-refractivity contribution >= 4 is 5.97 Å². The van der Waals surface area contributed by atoms with E-state index >= 15 is 0 Å². The third-order valence-electron chi connectivity index (χ3n) is 4.19. The van der Waals surface area contributed by atoms with Gasteiger partial charge in [-0.3, -0.25) is 19.4 Å². The number of methoxy groups -OCH3 is 1. The lowest BCUT2D eigenvalue weighted by molar-refractivity contribution is -0.140. The fraction of sp³-hybridized carbons (Fsp3) is 0.278. The molecule has 1 aromatic carbocycles. The van der Waals surface area contributed by atoms with Crippen LogP contribution in [0.1, 0.15) is 34.7 Å². The smallest absolute Gasteiger partial charge is 0.306 e. The Morgan fingerprint density at radius 2 is 2.04 bits per heavy atom. The van der Waals surface area contributed by atoms with Gasteiger partial charge in [-0.2, -0.15) is 5.10 Å². The highest BCUT2D eigenvalue weighted by Gasteiger charge is 2.26. The molecule has 0 bridgehead atoms. The molecule has 0 saturated carbocycles. The fourth-order valence-electron chi connectivity index (χ4n) is 2.97. The van der Waals surface area contributed by atoms with Crippen molar-refractivity contribution in [2.75, 3.05) is 7.11 Å². The van der Waals surface area contributed by atoms with Gasteiger partial charge in [0.25, 0.3) is 5.56 Å². The molecule has 0 aliphatic carbocycles. The molecule has 0 aliphatic rings. The van der Waals surface area contributed by atoms with Crippen LogP contribution in [-0.4, -0.2) is 33.1 Å².